The Balaban J connectivity index is 1.97. The van der Waals surface area contributed by atoms with Crippen molar-refractivity contribution in [2.24, 2.45) is 5.92 Å². The predicted octanol–water partition coefficient (Wildman–Crippen LogP) is 2.64. The Morgan fingerprint density at radius 2 is 2.12 bits per heavy atom. The Morgan fingerprint density at radius 1 is 1.35 bits per heavy atom. The number of aliphatic hydroxyl groups excluding tert-OH is 1. The van der Waals surface area contributed by atoms with Crippen LogP contribution < -0.4 is 4.74 Å². The van der Waals surface area contributed by atoms with Crippen LogP contribution in [-0.4, -0.2) is 24.9 Å². The molecule has 0 aromatic heterocycles. The monoisotopic (exact) mass is 256 g/mol. The molecule has 17 heavy (non-hydrogen) atoms. The first kappa shape index (κ1) is 12.7. The van der Waals surface area contributed by atoms with Crippen molar-refractivity contribution in [3.63, 3.8) is 0 Å². The highest BCUT2D eigenvalue weighted by molar-refractivity contribution is 6.32. The second-order valence-electron chi connectivity index (χ2n) is 4.25. The van der Waals surface area contributed by atoms with E-state index in [0.717, 1.165) is 31.6 Å². The zero-order valence-corrected chi connectivity index (χ0v) is 10.4. The number of aliphatic hydroxyl groups is 1. The lowest BCUT2D eigenvalue weighted by molar-refractivity contribution is 0.0494. The van der Waals surface area contributed by atoms with Crippen LogP contribution in [0.5, 0.6) is 5.75 Å². The van der Waals surface area contributed by atoms with E-state index in [0.29, 0.717) is 23.3 Å². The van der Waals surface area contributed by atoms with Crippen molar-refractivity contribution in [1.29, 1.82) is 0 Å². The van der Waals surface area contributed by atoms with Gasteiger partial charge in [-0.05, 0) is 24.8 Å². The molecule has 1 fully saturated rings. The van der Waals surface area contributed by atoms with Crippen molar-refractivity contribution < 1.29 is 14.6 Å². The normalized spacial score (nSPS) is 17.1. The summed E-state index contributed by atoms with van der Waals surface area (Å²) in [5, 5.41) is 9.78. The fourth-order valence-corrected chi connectivity index (χ4v) is 2.20. The number of benzene rings is 1. The molecule has 94 valence electrons. The van der Waals surface area contributed by atoms with E-state index in [1.54, 1.807) is 6.07 Å². The second-order valence-corrected chi connectivity index (χ2v) is 4.66. The molecular weight excluding hydrogens is 240 g/mol. The van der Waals surface area contributed by atoms with Crippen molar-refractivity contribution >= 4 is 11.6 Å². The van der Waals surface area contributed by atoms with E-state index in [4.69, 9.17) is 21.1 Å². The van der Waals surface area contributed by atoms with Gasteiger partial charge in [-0.15, -0.1) is 0 Å². The largest absolute Gasteiger partial charge is 0.491 e. The van der Waals surface area contributed by atoms with Crippen LogP contribution >= 0.6 is 11.6 Å². The summed E-state index contributed by atoms with van der Waals surface area (Å²) in [4.78, 5) is 0. The van der Waals surface area contributed by atoms with Gasteiger partial charge in [0.05, 0.1) is 18.2 Å². The molecule has 1 aliphatic rings. The summed E-state index contributed by atoms with van der Waals surface area (Å²) in [6, 6.07) is 5.42. The molecule has 1 aromatic rings. The summed E-state index contributed by atoms with van der Waals surface area (Å²) >= 11 is 6.07. The SMILES string of the molecule is OCc1cccc(Cl)c1OCC1CCOCC1. The molecule has 2 rings (SSSR count). The Labute approximate surface area is 106 Å². The van der Waals surface area contributed by atoms with Gasteiger partial charge in [-0.25, -0.2) is 0 Å². The third kappa shape index (κ3) is 3.35. The zero-order valence-electron chi connectivity index (χ0n) is 9.69. The van der Waals surface area contributed by atoms with Crippen molar-refractivity contribution in [1.82, 2.24) is 0 Å². The smallest absolute Gasteiger partial charge is 0.143 e. The van der Waals surface area contributed by atoms with Crippen LogP contribution in [-0.2, 0) is 11.3 Å². The maximum atomic E-state index is 9.22. The maximum absolute atomic E-state index is 9.22. The molecular formula is C13H17ClO3. The van der Waals surface area contributed by atoms with Gasteiger partial charge >= 0.3 is 0 Å². The van der Waals surface area contributed by atoms with Gasteiger partial charge in [-0.2, -0.15) is 0 Å². The fraction of sp³-hybridized carbons (Fsp3) is 0.538. The van der Waals surface area contributed by atoms with Gasteiger partial charge in [0.25, 0.3) is 0 Å². The second kappa shape index (κ2) is 6.24. The van der Waals surface area contributed by atoms with Crippen molar-refractivity contribution in [2.75, 3.05) is 19.8 Å². The van der Waals surface area contributed by atoms with Gasteiger partial charge < -0.3 is 14.6 Å². The lowest BCUT2D eigenvalue weighted by Crippen LogP contribution is -2.21. The van der Waals surface area contributed by atoms with E-state index < -0.39 is 0 Å². The summed E-state index contributed by atoms with van der Waals surface area (Å²) in [7, 11) is 0. The minimum Gasteiger partial charge on any atom is -0.491 e. The van der Waals surface area contributed by atoms with E-state index in [2.05, 4.69) is 0 Å². The van der Waals surface area contributed by atoms with Gasteiger partial charge in [0.2, 0.25) is 0 Å². The van der Waals surface area contributed by atoms with Crippen LogP contribution in [0.2, 0.25) is 5.02 Å². The molecule has 0 amide bonds. The zero-order chi connectivity index (χ0) is 12.1. The maximum Gasteiger partial charge on any atom is 0.143 e. The Hall–Kier alpha value is -0.770. The first-order valence-electron chi connectivity index (χ1n) is 5.90. The van der Waals surface area contributed by atoms with Crippen LogP contribution in [0.15, 0.2) is 18.2 Å². The van der Waals surface area contributed by atoms with Crippen LogP contribution in [0.1, 0.15) is 18.4 Å². The first-order valence-corrected chi connectivity index (χ1v) is 6.28. The topological polar surface area (TPSA) is 38.7 Å². The van der Waals surface area contributed by atoms with Gasteiger partial charge in [0.1, 0.15) is 5.75 Å². The van der Waals surface area contributed by atoms with E-state index in [9.17, 15) is 5.11 Å². The number of halogens is 1. The average Bonchev–Trinajstić information content (AvgIpc) is 2.38. The summed E-state index contributed by atoms with van der Waals surface area (Å²) in [6.45, 7) is 2.20. The Morgan fingerprint density at radius 3 is 2.82 bits per heavy atom. The van der Waals surface area contributed by atoms with Crippen molar-refractivity contribution in [3.05, 3.63) is 28.8 Å². The number of rotatable bonds is 4. The molecule has 1 aliphatic heterocycles. The standard InChI is InChI=1S/C13H17ClO3/c14-12-3-1-2-11(8-15)13(12)17-9-10-4-6-16-7-5-10/h1-3,10,15H,4-9H2. The van der Waals surface area contributed by atoms with Gasteiger partial charge in [0.15, 0.2) is 0 Å². The summed E-state index contributed by atoms with van der Waals surface area (Å²) < 4.78 is 11.0. The average molecular weight is 257 g/mol. The van der Waals surface area contributed by atoms with Gasteiger partial charge in [0, 0.05) is 18.8 Å². The molecule has 1 saturated heterocycles. The van der Waals surface area contributed by atoms with Crippen molar-refractivity contribution in [3.8, 4) is 5.75 Å². The minimum absolute atomic E-state index is 0.0519. The molecule has 4 heteroatoms. The highest BCUT2D eigenvalue weighted by atomic mass is 35.5. The van der Waals surface area contributed by atoms with E-state index in [1.807, 2.05) is 12.1 Å². The van der Waals surface area contributed by atoms with E-state index >= 15 is 0 Å². The molecule has 0 spiro atoms. The quantitative estimate of drug-likeness (QED) is 0.900. The number of hydrogen-bond donors (Lipinski definition) is 1. The van der Waals surface area contributed by atoms with Gasteiger partial charge in [-0.3, -0.25) is 0 Å². The molecule has 0 unspecified atom stereocenters. The summed E-state index contributed by atoms with van der Waals surface area (Å²) in [5.74, 6) is 1.13. The molecule has 0 bridgehead atoms. The predicted molar refractivity (Wildman–Crippen MR) is 66.4 cm³/mol. The summed E-state index contributed by atoms with van der Waals surface area (Å²) in [6.07, 6.45) is 2.05. The number of hydrogen-bond acceptors (Lipinski definition) is 3. The molecule has 0 aliphatic carbocycles. The number of para-hydroxylation sites is 1. The molecule has 1 heterocycles. The molecule has 1 N–H and O–H groups in total. The Kier molecular flexibility index (Phi) is 4.66. The van der Waals surface area contributed by atoms with E-state index in [1.165, 1.54) is 0 Å². The molecule has 0 atom stereocenters. The van der Waals surface area contributed by atoms with Crippen molar-refractivity contribution in [2.45, 2.75) is 19.4 Å². The van der Waals surface area contributed by atoms with Crippen LogP contribution in [0.4, 0.5) is 0 Å². The number of ether oxygens (including phenoxy) is 2. The highest BCUT2D eigenvalue weighted by Crippen LogP contribution is 2.29. The third-order valence-corrected chi connectivity index (χ3v) is 3.32. The van der Waals surface area contributed by atoms with E-state index in [-0.39, 0.29) is 6.61 Å². The molecule has 0 radical (unpaired) electrons. The highest BCUT2D eigenvalue weighted by Gasteiger charge is 2.16. The van der Waals surface area contributed by atoms with Crippen LogP contribution in [0.25, 0.3) is 0 Å². The Bertz CT molecular complexity index is 362. The van der Waals surface area contributed by atoms with Crippen LogP contribution in [0, 0.1) is 5.92 Å². The molecule has 1 aromatic carbocycles. The molecule has 3 nitrogen and oxygen atoms in total. The lowest BCUT2D eigenvalue weighted by Gasteiger charge is -2.23. The van der Waals surface area contributed by atoms with Crippen LogP contribution in [0.3, 0.4) is 0 Å². The first-order chi connectivity index (χ1) is 8.31. The third-order valence-electron chi connectivity index (χ3n) is 3.02. The lowest BCUT2D eigenvalue weighted by atomic mass is 10.0. The summed E-state index contributed by atoms with van der Waals surface area (Å²) in [5.41, 5.74) is 0.740. The van der Waals surface area contributed by atoms with Gasteiger partial charge in [-0.1, -0.05) is 23.7 Å². The molecule has 0 saturated carbocycles. The minimum atomic E-state index is -0.0519. The fourth-order valence-electron chi connectivity index (χ4n) is 1.95.